The molecule has 2 rings (SSSR count). The van der Waals surface area contributed by atoms with Crippen LogP contribution in [0.15, 0.2) is 22.0 Å². The molecule has 2 aromatic rings. The van der Waals surface area contributed by atoms with Gasteiger partial charge in [0.2, 0.25) is 0 Å². The van der Waals surface area contributed by atoms with Crippen LogP contribution < -0.4 is 14.8 Å². The monoisotopic (exact) mass is 369 g/mol. The summed E-state index contributed by atoms with van der Waals surface area (Å²) in [6.45, 7) is 4.16. The third kappa shape index (κ3) is 2.96. The fraction of sp³-hybridized carbons (Fsp3) is 0.375. The minimum atomic E-state index is 0.0334. The number of hydrogen-bond acceptors (Lipinski definition) is 4. The number of methoxy groups -OCH3 is 2. The molecule has 1 heterocycles. The van der Waals surface area contributed by atoms with Crippen LogP contribution in [0.2, 0.25) is 0 Å². The number of thiophene rings is 1. The average molecular weight is 370 g/mol. The number of benzene rings is 1. The second kappa shape index (κ2) is 6.81. The number of aryl methyl sites for hydroxylation is 1. The van der Waals surface area contributed by atoms with Gasteiger partial charge in [-0.1, -0.05) is 15.9 Å². The van der Waals surface area contributed by atoms with E-state index in [1.807, 2.05) is 18.5 Å². The zero-order chi connectivity index (χ0) is 15.6. The first-order chi connectivity index (χ1) is 10.0. The molecule has 0 aliphatic carbocycles. The van der Waals surface area contributed by atoms with Gasteiger partial charge in [-0.15, -0.1) is 11.3 Å². The molecule has 1 unspecified atom stereocenters. The van der Waals surface area contributed by atoms with Crippen molar-refractivity contribution in [2.45, 2.75) is 19.9 Å². The Morgan fingerprint density at radius 3 is 2.52 bits per heavy atom. The van der Waals surface area contributed by atoms with Crippen molar-refractivity contribution in [2.75, 3.05) is 21.3 Å². The number of halogens is 1. The topological polar surface area (TPSA) is 30.5 Å². The number of rotatable bonds is 5. The van der Waals surface area contributed by atoms with Crippen LogP contribution >= 0.6 is 27.3 Å². The molecule has 0 radical (unpaired) electrons. The zero-order valence-corrected chi connectivity index (χ0v) is 15.3. The summed E-state index contributed by atoms with van der Waals surface area (Å²) in [7, 11) is 5.38. The van der Waals surface area contributed by atoms with E-state index in [1.54, 1.807) is 25.6 Å². The molecule has 0 saturated heterocycles. The van der Waals surface area contributed by atoms with E-state index in [4.69, 9.17) is 9.47 Å². The molecule has 21 heavy (non-hydrogen) atoms. The fourth-order valence-electron chi connectivity index (χ4n) is 2.59. The number of nitrogens with one attached hydrogen (secondary N) is 1. The Balaban J connectivity index is 2.68. The number of ether oxygens (including phenoxy) is 2. The average Bonchev–Trinajstić information content (AvgIpc) is 2.93. The summed E-state index contributed by atoms with van der Waals surface area (Å²) in [5, 5.41) is 5.44. The van der Waals surface area contributed by atoms with Gasteiger partial charge in [-0.25, -0.2) is 0 Å². The molecule has 1 aromatic heterocycles. The van der Waals surface area contributed by atoms with E-state index in [9.17, 15) is 0 Å². The molecule has 0 aliphatic rings. The Labute approximate surface area is 138 Å². The summed E-state index contributed by atoms with van der Waals surface area (Å²) in [6, 6.07) is 4.12. The first kappa shape index (κ1) is 16.3. The van der Waals surface area contributed by atoms with E-state index in [0.717, 1.165) is 32.0 Å². The quantitative estimate of drug-likeness (QED) is 0.843. The Kier molecular flexibility index (Phi) is 5.30. The van der Waals surface area contributed by atoms with Crippen LogP contribution in [0.5, 0.6) is 11.5 Å². The lowest BCUT2D eigenvalue weighted by Crippen LogP contribution is -2.19. The van der Waals surface area contributed by atoms with Gasteiger partial charge in [0.05, 0.1) is 25.1 Å². The van der Waals surface area contributed by atoms with Gasteiger partial charge in [0.25, 0.3) is 0 Å². The minimum Gasteiger partial charge on any atom is -0.496 e. The summed E-state index contributed by atoms with van der Waals surface area (Å²) in [5.74, 6) is 1.82. The van der Waals surface area contributed by atoms with Gasteiger partial charge < -0.3 is 14.8 Å². The predicted molar refractivity (Wildman–Crippen MR) is 91.9 cm³/mol. The lowest BCUT2D eigenvalue weighted by molar-refractivity contribution is 0.395. The molecule has 0 fully saturated rings. The molecule has 1 aromatic carbocycles. The summed E-state index contributed by atoms with van der Waals surface area (Å²) in [6.07, 6.45) is 0. The molecule has 0 spiro atoms. The van der Waals surface area contributed by atoms with Crippen LogP contribution in [0.1, 0.15) is 27.6 Å². The molecule has 0 saturated carbocycles. The highest BCUT2D eigenvalue weighted by Gasteiger charge is 2.25. The standard InChI is InChI=1S/C16H20BrNO2S/c1-9-8-11(17)10(2)13(15(9)20-5)14(18-3)16-12(19-4)6-7-21-16/h6-8,14,18H,1-5H3. The van der Waals surface area contributed by atoms with Crippen molar-refractivity contribution in [1.82, 2.24) is 5.32 Å². The van der Waals surface area contributed by atoms with E-state index in [2.05, 4.69) is 41.2 Å². The minimum absolute atomic E-state index is 0.0334. The number of hydrogen-bond donors (Lipinski definition) is 1. The van der Waals surface area contributed by atoms with Crippen molar-refractivity contribution in [2.24, 2.45) is 0 Å². The highest BCUT2D eigenvalue weighted by atomic mass is 79.9. The highest BCUT2D eigenvalue weighted by Crippen LogP contribution is 2.42. The van der Waals surface area contributed by atoms with Crippen LogP contribution in [0.3, 0.4) is 0 Å². The first-order valence-corrected chi connectivity index (χ1v) is 8.34. The Bertz CT molecular complexity index is 639. The van der Waals surface area contributed by atoms with E-state index in [1.165, 1.54) is 5.56 Å². The normalized spacial score (nSPS) is 12.3. The van der Waals surface area contributed by atoms with Gasteiger partial charge in [0, 0.05) is 10.0 Å². The van der Waals surface area contributed by atoms with E-state index >= 15 is 0 Å². The highest BCUT2D eigenvalue weighted by molar-refractivity contribution is 9.10. The molecule has 0 bridgehead atoms. The maximum absolute atomic E-state index is 5.67. The van der Waals surface area contributed by atoms with E-state index in [-0.39, 0.29) is 6.04 Å². The molecule has 3 nitrogen and oxygen atoms in total. The van der Waals surface area contributed by atoms with Crippen molar-refractivity contribution >= 4 is 27.3 Å². The fourth-order valence-corrected chi connectivity index (χ4v) is 4.12. The molecular weight excluding hydrogens is 350 g/mol. The summed E-state index contributed by atoms with van der Waals surface area (Å²) in [5.41, 5.74) is 3.43. The zero-order valence-electron chi connectivity index (χ0n) is 12.9. The maximum Gasteiger partial charge on any atom is 0.134 e. The van der Waals surface area contributed by atoms with Gasteiger partial charge in [-0.05, 0) is 49.5 Å². The predicted octanol–water partition coefficient (Wildman–Crippen LogP) is 4.45. The molecule has 0 amide bonds. The van der Waals surface area contributed by atoms with E-state index in [0.29, 0.717) is 0 Å². The van der Waals surface area contributed by atoms with Crippen molar-refractivity contribution < 1.29 is 9.47 Å². The van der Waals surface area contributed by atoms with Gasteiger partial charge in [0.15, 0.2) is 0 Å². The summed E-state index contributed by atoms with van der Waals surface area (Å²) < 4.78 is 12.2. The molecular formula is C16H20BrNO2S. The maximum atomic E-state index is 5.67. The molecule has 114 valence electrons. The van der Waals surface area contributed by atoms with Crippen LogP contribution in [-0.4, -0.2) is 21.3 Å². The lowest BCUT2D eigenvalue weighted by Gasteiger charge is -2.23. The SMILES string of the molecule is CNC(c1sccc1OC)c1c(C)c(Br)cc(C)c1OC. The third-order valence-electron chi connectivity index (χ3n) is 3.63. The Morgan fingerprint density at radius 1 is 1.24 bits per heavy atom. The van der Waals surface area contributed by atoms with Crippen LogP contribution in [0.4, 0.5) is 0 Å². The van der Waals surface area contributed by atoms with Crippen molar-refractivity contribution in [1.29, 1.82) is 0 Å². The molecule has 5 heteroatoms. The summed E-state index contributed by atoms with van der Waals surface area (Å²) >= 11 is 5.33. The second-order valence-electron chi connectivity index (χ2n) is 4.82. The van der Waals surface area contributed by atoms with Gasteiger partial charge in [0.1, 0.15) is 11.5 Å². The molecule has 0 aliphatic heterocycles. The smallest absolute Gasteiger partial charge is 0.134 e. The lowest BCUT2D eigenvalue weighted by atomic mass is 9.96. The van der Waals surface area contributed by atoms with Gasteiger partial charge in [-0.3, -0.25) is 0 Å². The van der Waals surface area contributed by atoms with Crippen LogP contribution in [0.25, 0.3) is 0 Å². The van der Waals surface area contributed by atoms with Gasteiger partial charge in [-0.2, -0.15) is 0 Å². The van der Waals surface area contributed by atoms with Crippen molar-refractivity contribution in [3.05, 3.63) is 43.6 Å². The first-order valence-electron chi connectivity index (χ1n) is 6.67. The van der Waals surface area contributed by atoms with Crippen LogP contribution in [0, 0.1) is 13.8 Å². The van der Waals surface area contributed by atoms with Crippen LogP contribution in [-0.2, 0) is 0 Å². The molecule has 1 N–H and O–H groups in total. The van der Waals surface area contributed by atoms with E-state index < -0.39 is 0 Å². The van der Waals surface area contributed by atoms with Crippen molar-refractivity contribution in [3.8, 4) is 11.5 Å². The second-order valence-corrected chi connectivity index (χ2v) is 6.62. The Morgan fingerprint density at radius 2 is 1.95 bits per heavy atom. The summed E-state index contributed by atoms with van der Waals surface area (Å²) in [4.78, 5) is 1.15. The van der Waals surface area contributed by atoms with Crippen molar-refractivity contribution in [3.63, 3.8) is 0 Å². The largest absolute Gasteiger partial charge is 0.496 e. The third-order valence-corrected chi connectivity index (χ3v) is 5.42. The van der Waals surface area contributed by atoms with Gasteiger partial charge >= 0.3 is 0 Å². The Hall–Kier alpha value is -1.04. The molecule has 1 atom stereocenters.